The number of H-pyrrole nitrogens is 1. The maximum absolute atomic E-state index is 5.95. The Morgan fingerprint density at radius 3 is 2.50 bits per heavy atom. The molecule has 0 aliphatic carbocycles. The highest BCUT2D eigenvalue weighted by atomic mass is 35.5. The number of aromatic amines is 1. The molecule has 2 aromatic carbocycles. The largest absolute Gasteiger partial charge is 0.353 e. The predicted molar refractivity (Wildman–Crippen MR) is 84.0 cm³/mol. The summed E-state index contributed by atoms with van der Waals surface area (Å²) in [6.45, 7) is 0. The van der Waals surface area contributed by atoms with Crippen LogP contribution in [0.3, 0.4) is 0 Å². The van der Waals surface area contributed by atoms with Crippen LogP contribution in [0.2, 0.25) is 5.02 Å². The summed E-state index contributed by atoms with van der Waals surface area (Å²) in [5.41, 5.74) is 4.21. The number of fused-ring (bicyclic) bond motifs is 3. The number of nitrogens with one attached hydrogen (secondary N) is 1. The van der Waals surface area contributed by atoms with Gasteiger partial charge in [0, 0.05) is 33.1 Å². The molecule has 0 amide bonds. The number of para-hydroxylation sites is 1. The van der Waals surface area contributed by atoms with Gasteiger partial charge in [-0.25, -0.2) is 0 Å². The van der Waals surface area contributed by atoms with Crippen molar-refractivity contribution in [3.63, 3.8) is 0 Å². The van der Waals surface area contributed by atoms with E-state index in [2.05, 4.69) is 28.2 Å². The monoisotopic (exact) mass is 278 g/mol. The van der Waals surface area contributed by atoms with Gasteiger partial charge in [0.25, 0.3) is 0 Å². The van der Waals surface area contributed by atoms with E-state index < -0.39 is 0 Å². The van der Waals surface area contributed by atoms with Crippen LogP contribution in [0.25, 0.3) is 33.1 Å². The number of aromatic nitrogens is 2. The van der Waals surface area contributed by atoms with Gasteiger partial charge in [-0.15, -0.1) is 0 Å². The van der Waals surface area contributed by atoms with Gasteiger partial charge < -0.3 is 4.98 Å². The number of benzene rings is 2. The van der Waals surface area contributed by atoms with Crippen molar-refractivity contribution in [2.75, 3.05) is 0 Å². The van der Waals surface area contributed by atoms with Crippen LogP contribution in [0.15, 0.2) is 60.8 Å². The Labute approximate surface area is 121 Å². The average molecular weight is 279 g/mol. The van der Waals surface area contributed by atoms with Crippen LogP contribution in [-0.4, -0.2) is 9.97 Å². The summed E-state index contributed by atoms with van der Waals surface area (Å²) in [6.07, 6.45) is 1.85. The summed E-state index contributed by atoms with van der Waals surface area (Å²) in [4.78, 5) is 7.99. The third-order valence-electron chi connectivity index (χ3n) is 3.55. The van der Waals surface area contributed by atoms with Gasteiger partial charge in [0.15, 0.2) is 0 Å². The lowest BCUT2D eigenvalue weighted by atomic mass is 10.1. The second-order valence-electron chi connectivity index (χ2n) is 4.76. The topological polar surface area (TPSA) is 28.7 Å². The molecule has 0 aliphatic heterocycles. The molecule has 2 heterocycles. The zero-order chi connectivity index (χ0) is 13.5. The van der Waals surface area contributed by atoms with E-state index in [0.29, 0.717) is 0 Å². The average Bonchev–Trinajstić information content (AvgIpc) is 2.87. The number of nitrogens with zero attached hydrogens (tertiary/aromatic N) is 1. The number of halogens is 1. The molecule has 3 heteroatoms. The third-order valence-corrected chi connectivity index (χ3v) is 3.80. The van der Waals surface area contributed by atoms with Crippen LogP contribution in [0.5, 0.6) is 0 Å². The van der Waals surface area contributed by atoms with Gasteiger partial charge in [0.05, 0.1) is 11.2 Å². The number of hydrogen-bond donors (Lipinski definition) is 1. The van der Waals surface area contributed by atoms with E-state index in [1.54, 1.807) is 0 Å². The number of hydrogen-bond acceptors (Lipinski definition) is 1. The lowest BCUT2D eigenvalue weighted by Crippen LogP contribution is -1.84. The maximum atomic E-state index is 5.95. The number of pyridine rings is 1. The standard InChI is InChI=1S/C17H11ClN2/c18-12-7-5-11(6-8-12)16-17-14(9-10-19-16)13-3-1-2-4-15(13)20-17/h1-10,20H. The normalized spacial score (nSPS) is 11.2. The smallest absolute Gasteiger partial charge is 0.0943 e. The van der Waals surface area contributed by atoms with Crippen molar-refractivity contribution in [2.24, 2.45) is 0 Å². The Morgan fingerprint density at radius 2 is 1.65 bits per heavy atom. The van der Waals surface area contributed by atoms with Crippen LogP contribution in [0, 0.1) is 0 Å². The van der Waals surface area contributed by atoms with E-state index in [-0.39, 0.29) is 0 Å². The van der Waals surface area contributed by atoms with E-state index in [9.17, 15) is 0 Å². The predicted octanol–water partition coefficient (Wildman–Crippen LogP) is 5.04. The molecule has 1 N–H and O–H groups in total. The third kappa shape index (κ3) is 1.69. The highest BCUT2D eigenvalue weighted by Gasteiger charge is 2.10. The van der Waals surface area contributed by atoms with E-state index in [4.69, 9.17) is 11.6 Å². The van der Waals surface area contributed by atoms with Gasteiger partial charge in [0.2, 0.25) is 0 Å². The van der Waals surface area contributed by atoms with Crippen molar-refractivity contribution < 1.29 is 0 Å². The molecule has 2 nitrogen and oxygen atoms in total. The highest BCUT2D eigenvalue weighted by molar-refractivity contribution is 6.30. The summed E-state index contributed by atoms with van der Waals surface area (Å²) < 4.78 is 0. The van der Waals surface area contributed by atoms with Crippen LogP contribution in [0.4, 0.5) is 0 Å². The van der Waals surface area contributed by atoms with E-state index in [0.717, 1.165) is 27.3 Å². The van der Waals surface area contributed by atoms with Crippen molar-refractivity contribution in [1.82, 2.24) is 9.97 Å². The fourth-order valence-corrected chi connectivity index (χ4v) is 2.73. The minimum Gasteiger partial charge on any atom is -0.353 e. The molecule has 20 heavy (non-hydrogen) atoms. The first-order valence-corrected chi connectivity index (χ1v) is 6.82. The lowest BCUT2D eigenvalue weighted by molar-refractivity contribution is 1.34. The van der Waals surface area contributed by atoms with E-state index in [1.807, 2.05) is 42.6 Å². The molecule has 0 aliphatic rings. The molecule has 0 saturated carbocycles. The fourth-order valence-electron chi connectivity index (χ4n) is 2.60. The molecule has 4 rings (SSSR count). The molecule has 0 bridgehead atoms. The molecule has 0 spiro atoms. The van der Waals surface area contributed by atoms with Crippen molar-refractivity contribution >= 4 is 33.4 Å². The summed E-state index contributed by atoms with van der Waals surface area (Å²) >= 11 is 5.95. The molecule has 0 fully saturated rings. The van der Waals surface area contributed by atoms with Gasteiger partial charge in [-0.2, -0.15) is 0 Å². The summed E-state index contributed by atoms with van der Waals surface area (Å²) in [6, 6.07) is 18.1. The maximum Gasteiger partial charge on any atom is 0.0943 e. The van der Waals surface area contributed by atoms with Gasteiger partial charge in [-0.05, 0) is 24.3 Å². The Hall–Kier alpha value is -2.32. The minimum absolute atomic E-state index is 0.734. The first kappa shape index (κ1) is 11.5. The Morgan fingerprint density at radius 1 is 0.850 bits per heavy atom. The van der Waals surface area contributed by atoms with Crippen molar-refractivity contribution in [3.05, 3.63) is 65.8 Å². The van der Waals surface area contributed by atoms with Crippen LogP contribution >= 0.6 is 11.6 Å². The first-order valence-electron chi connectivity index (χ1n) is 6.44. The van der Waals surface area contributed by atoms with E-state index in [1.165, 1.54) is 10.8 Å². The van der Waals surface area contributed by atoms with Crippen LogP contribution < -0.4 is 0 Å². The molecule has 96 valence electrons. The first-order chi connectivity index (χ1) is 9.83. The zero-order valence-electron chi connectivity index (χ0n) is 10.6. The van der Waals surface area contributed by atoms with Gasteiger partial charge >= 0.3 is 0 Å². The van der Waals surface area contributed by atoms with Gasteiger partial charge in [0.1, 0.15) is 0 Å². The minimum atomic E-state index is 0.734. The van der Waals surface area contributed by atoms with Crippen molar-refractivity contribution in [3.8, 4) is 11.3 Å². The van der Waals surface area contributed by atoms with Gasteiger partial charge in [-0.1, -0.05) is 41.9 Å². The second kappa shape index (κ2) is 4.36. The van der Waals surface area contributed by atoms with Crippen LogP contribution in [-0.2, 0) is 0 Å². The molecule has 0 atom stereocenters. The summed E-state index contributed by atoms with van der Waals surface area (Å²) in [7, 11) is 0. The zero-order valence-corrected chi connectivity index (χ0v) is 11.4. The lowest BCUT2D eigenvalue weighted by Gasteiger charge is -2.02. The Bertz CT molecular complexity index is 907. The molecule has 4 aromatic rings. The summed E-state index contributed by atoms with van der Waals surface area (Å²) in [5.74, 6) is 0. The molecule has 0 unspecified atom stereocenters. The quantitative estimate of drug-likeness (QED) is 0.519. The van der Waals surface area contributed by atoms with Crippen LogP contribution in [0.1, 0.15) is 0 Å². The molecule has 2 aromatic heterocycles. The van der Waals surface area contributed by atoms with Crippen molar-refractivity contribution in [1.29, 1.82) is 0 Å². The van der Waals surface area contributed by atoms with Crippen molar-refractivity contribution in [2.45, 2.75) is 0 Å². The SMILES string of the molecule is Clc1ccc(-c2nccc3c2[nH]c2ccccc23)cc1. The summed E-state index contributed by atoms with van der Waals surface area (Å²) in [5, 5.41) is 3.15. The molecule has 0 saturated heterocycles. The van der Waals surface area contributed by atoms with E-state index >= 15 is 0 Å². The van der Waals surface area contributed by atoms with Gasteiger partial charge in [-0.3, -0.25) is 4.98 Å². The fraction of sp³-hybridized carbons (Fsp3) is 0. The Kier molecular flexibility index (Phi) is 2.51. The highest BCUT2D eigenvalue weighted by Crippen LogP contribution is 2.31. The molecular formula is C17H11ClN2. The molecule has 0 radical (unpaired) electrons. The number of rotatable bonds is 1. The second-order valence-corrected chi connectivity index (χ2v) is 5.20. The Balaban J connectivity index is 2.07. The molecular weight excluding hydrogens is 268 g/mol.